The largest absolute Gasteiger partial charge is 0.491 e. The summed E-state index contributed by atoms with van der Waals surface area (Å²) in [6.45, 7) is 10.3. The van der Waals surface area contributed by atoms with E-state index in [4.69, 9.17) is 7.85 Å². The highest BCUT2D eigenvalue weighted by molar-refractivity contribution is 6.29. The predicted octanol–water partition coefficient (Wildman–Crippen LogP) is 5.17. The van der Waals surface area contributed by atoms with Crippen LogP contribution in [0.1, 0.15) is 79.2 Å². The molecule has 1 fully saturated rings. The van der Waals surface area contributed by atoms with E-state index in [9.17, 15) is 19.4 Å². The van der Waals surface area contributed by atoms with E-state index in [0.29, 0.717) is 25.7 Å². The van der Waals surface area contributed by atoms with Crippen LogP contribution in [0.15, 0.2) is 58.7 Å². The Morgan fingerprint density at radius 2 is 1.81 bits per heavy atom. The average molecular weight is 507 g/mol. The fourth-order valence-corrected chi connectivity index (χ4v) is 5.29. The van der Waals surface area contributed by atoms with Gasteiger partial charge in [-0.2, -0.15) is 0 Å². The molecule has 0 spiro atoms. The van der Waals surface area contributed by atoms with E-state index in [1.165, 1.54) is 4.57 Å². The topological polar surface area (TPSA) is 87.4 Å². The highest BCUT2D eigenvalue weighted by atomic mass is 19.1. The third-order valence-electron chi connectivity index (χ3n) is 7.50. The van der Waals surface area contributed by atoms with Gasteiger partial charge in [-0.05, 0) is 81.4 Å². The van der Waals surface area contributed by atoms with Gasteiger partial charge < -0.3 is 15.5 Å². The van der Waals surface area contributed by atoms with Crippen molar-refractivity contribution in [3.63, 3.8) is 0 Å². The predicted molar refractivity (Wildman–Crippen MR) is 147 cm³/mol. The van der Waals surface area contributed by atoms with Crippen molar-refractivity contribution >= 4 is 19.5 Å². The van der Waals surface area contributed by atoms with Crippen molar-refractivity contribution in [1.82, 2.24) is 14.9 Å². The zero-order chi connectivity index (χ0) is 27.3. The first-order chi connectivity index (χ1) is 17.4. The summed E-state index contributed by atoms with van der Waals surface area (Å²) >= 11 is 0. The molecule has 3 rings (SSSR count). The van der Waals surface area contributed by atoms with Crippen LogP contribution in [0.5, 0.6) is 11.8 Å². The first-order valence-corrected chi connectivity index (χ1v) is 13.0. The van der Waals surface area contributed by atoms with Gasteiger partial charge in [0.05, 0.1) is 11.8 Å². The molecule has 1 aromatic heterocycles. The lowest BCUT2D eigenvalue weighted by Gasteiger charge is -2.38. The van der Waals surface area contributed by atoms with Crippen LogP contribution in [0.3, 0.4) is 0 Å². The minimum atomic E-state index is -0.735. The fourth-order valence-electron chi connectivity index (χ4n) is 5.29. The SMILES string of the molecule is [B]c1nc(O)c(O)n1C1CCC(C)(C)C(/C=C/C(C)=C/C=C/C(C)=C/C(=O)NC2CCC(F)CC2)=C1C. The average Bonchev–Trinajstić information content (AvgIpc) is 3.06. The van der Waals surface area contributed by atoms with Gasteiger partial charge in [-0.15, -0.1) is 0 Å². The van der Waals surface area contributed by atoms with E-state index in [0.717, 1.165) is 35.1 Å². The number of hydrogen-bond donors (Lipinski definition) is 3. The molecule has 6 nitrogen and oxygen atoms in total. The normalized spacial score (nSPS) is 25.3. The number of imidazole rings is 1. The summed E-state index contributed by atoms with van der Waals surface area (Å²) in [5, 5.41) is 23.0. The van der Waals surface area contributed by atoms with Gasteiger partial charge in [0, 0.05) is 12.1 Å². The van der Waals surface area contributed by atoms with E-state index >= 15 is 0 Å². The Hall–Kier alpha value is -3.03. The number of carbonyl (C=O) groups excluding carboxylic acids is 1. The molecule has 0 bridgehead atoms. The molecule has 1 saturated carbocycles. The van der Waals surface area contributed by atoms with Gasteiger partial charge in [0.25, 0.3) is 11.8 Å². The van der Waals surface area contributed by atoms with E-state index in [-0.39, 0.29) is 35.0 Å². The summed E-state index contributed by atoms with van der Waals surface area (Å²) in [5.74, 6) is -0.904. The minimum Gasteiger partial charge on any atom is -0.491 e. The number of hydrogen-bond acceptors (Lipinski definition) is 4. The number of aromatic hydroxyl groups is 2. The van der Waals surface area contributed by atoms with Crippen LogP contribution in [-0.2, 0) is 4.79 Å². The molecule has 2 radical (unpaired) electrons. The molecule has 37 heavy (non-hydrogen) atoms. The Kier molecular flexibility index (Phi) is 9.27. The van der Waals surface area contributed by atoms with Crippen LogP contribution in [-0.4, -0.2) is 45.7 Å². The zero-order valence-corrected chi connectivity index (χ0v) is 22.6. The second kappa shape index (κ2) is 12.0. The molecule has 2 aliphatic rings. The number of rotatable bonds is 7. The number of nitrogens with one attached hydrogen (secondary N) is 1. The Morgan fingerprint density at radius 1 is 1.14 bits per heavy atom. The van der Waals surface area contributed by atoms with Crippen molar-refractivity contribution in [3.8, 4) is 11.8 Å². The number of carbonyl (C=O) groups is 1. The molecule has 198 valence electrons. The molecule has 1 amide bonds. The maximum atomic E-state index is 13.3. The Balaban J connectivity index is 1.68. The van der Waals surface area contributed by atoms with Crippen molar-refractivity contribution in [2.24, 2.45) is 5.41 Å². The van der Waals surface area contributed by atoms with Gasteiger partial charge in [-0.25, -0.2) is 9.37 Å². The maximum Gasteiger partial charge on any atom is 0.274 e. The smallest absolute Gasteiger partial charge is 0.274 e. The number of aromatic nitrogens is 2. The van der Waals surface area contributed by atoms with Crippen LogP contribution in [0.2, 0.25) is 0 Å². The molecular weight excluding hydrogens is 468 g/mol. The van der Waals surface area contributed by atoms with Gasteiger partial charge in [-0.3, -0.25) is 9.36 Å². The second-order valence-corrected chi connectivity index (χ2v) is 11.0. The molecule has 1 atom stereocenters. The molecule has 1 aromatic rings. The lowest BCUT2D eigenvalue weighted by Crippen LogP contribution is -2.37. The molecule has 3 N–H and O–H groups in total. The van der Waals surface area contributed by atoms with Crippen molar-refractivity contribution in [2.45, 2.75) is 91.4 Å². The number of allylic oxidation sites excluding steroid dienone is 9. The molecule has 0 saturated heterocycles. The highest BCUT2D eigenvalue weighted by Crippen LogP contribution is 2.46. The minimum absolute atomic E-state index is 0.0566. The first kappa shape index (κ1) is 28.5. The summed E-state index contributed by atoms with van der Waals surface area (Å²) in [5.41, 5.74) is 4.13. The maximum absolute atomic E-state index is 13.3. The van der Waals surface area contributed by atoms with Gasteiger partial charge in [0.15, 0.2) is 7.85 Å². The summed E-state index contributed by atoms with van der Waals surface area (Å²) in [6, 6.07) is -0.128. The molecule has 1 unspecified atom stereocenters. The number of nitrogens with zero attached hydrogens (tertiary/aromatic N) is 2. The lowest BCUT2D eigenvalue weighted by molar-refractivity contribution is -0.117. The third kappa shape index (κ3) is 7.27. The van der Waals surface area contributed by atoms with Crippen molar-refractivity contribution in [3.05, 3.63) is 58.7 Å². The molecule has 0 aliphatic heterocycles. The first-order valence-electron chi connectivity index (χ1n) is 13.0. The number of alkyl halides is 1. The van der Waals surface area contributed by atoms with Crippen LogP contribution >= 0.6 is 0 Å². The van der Waals surface area contributed by atoms with Gasteiger partial charge in [0.2, 0.25) is 5.91 Å². The molecule has 1 heterocycles. The van der Waals surface area contributed by atoms with Crippen molar-refractivity contribution in [1.29, 1.82) is 0 Å². The van der Waals surface area contributed by atoms with Crippen molar-refractivity contribution in [2.75, 3.05) is 0 Å². The van der Waals surface area contributed by atoms with Gasteiger partial charge >= 0.3 is 0 Å². The van der Waals surface area contributed by atoms with Crippen LogP contribution in [0.4, 0.5) is 4.39 Å². The summed E-state index contributed by atoms with van der Waals surface area (Å²) < 4.78 is 14.8. The molecular formula is C29H39BFN3O3. The summed E-state index contributed by atoms with van der Waals surface area (Å²) in [6.07, 6.45) is 14.9. The third-order valence-corrected chi connectivity index (χ3v) is 7.50. The number of amides is 1. The zero-order valence-electron chi connectivity index (χ0n) is 22.6. The fraction of sp³-hybridized carbons (Fsp3) is 0.517. The van der Waals surface area contributed by atoms with E-state index in [2.05, 4.69) is 36.3 Å². The van der Waals surface area contributed by atoms with E-state index in [1.54, 1.807) is 6.08 Å². The Labute approximate surface area is 221 Å². The molecule has 8 heteroatoms. The number of halogens is 1. The highest BCUT2D eigenvalue weighted by Gasteiger charge is 2.34. The van der Waals surface area contributed by atoms with Crippen LogP contribution in [0, 0.1) is 5.41 Å². The Bertz CT molecular complexity index is 1150. The molecule has 2 aliphatic carbocycles. The van der Waals surface area contributed by atoms with Crippen LogP contribution in [0.25, 0.3) is 0 Å². The summed E-state index contributed by atoms with van der Waals surface area (Å²) in [7, 11) is 5.96. The van der Waals surface area contributed by atoms with Gasteiger partial charge in [0.1, 0.15) is 6.17 Å². The monoisotopic (exact) mass is 507 g/mol. The molecule has 0 aromatic carbocycles. The van der Waals surface area contributed by atoms with Gasteiger partial charge in [-0.1, -0.05) is 49.8 Å². The van der Waals surface area contributed by atoms with E-state index in [1.807, 2.05) is 39.0 Å². The summed E-state index contributed by atoms with van der Waals surface area (Å²) in [4.78, 5) is 16.1. The second-order valence-electron chi connectivity index (χ2n) is 11.0. The quantitative estimate of drug-likeness (QED) is 0.270. The lowest BCUT2D eigenvalue weighted by atomic mass is 9.70. The standard InChI is InChI=1S/C29H39BFN3O3/c1-18(7-6-8-19(2)17-25(35)32-22-12-10-21(31)11-13-22)9-14-23-20(3)24(15-16-29(23,4)5)34-27(37)26(36)33-28(34)30/h6-9,14,17,21-22,24,36-37H,10-13,15-16H2,1-5H3,(H,32,35)/b8-6+,14-9+,18-7+,19-17+. The van der Waals surface area contributed by atoms with Crippen LogP contribution < -0.4 is 11.0 Å². The van der Waals surface area contributed by atoms with E-state index < -0.39 is 12.1 Å². The Morgan fingerprint density at radius 3 is 2.43 bits per heavy atom. The van der Waals surface area contributed by atoms with Crippen molar-refractivity contribution < 1.29 is 19.4 Å².